The number of aromatic nitrogens is 4. The molecule has 2 heterocycles. The average molecular weight is 250 g/mol. The zero-order chi connectivity index (χ0) is 13.1. The van der Waals surface area contributed by atoms with E-state index < -0.39 is 0 Å². The van der Waals surface area contributed by atoms with Crippen molar-refractivity contribution in [2.75, 3.05) is 0 Å². The minimum atomic E-state index is 0.639. The Morgan fingerprint density at radius 2 is 1.89 bits per heavy atom. The number of nitrogens with zero attached hydrogens (tertiary/aromatic N) is 4. The first kappa shape index (κ1) is 11.6. The van der Waals surface area contributed by atoms with Crippen LogP contribution in [0.25, 0.3) is 11.3 Å². The summed E-state index contributed by atoms with van der Waals surface area (Å²) < 4.78 is 1.80. The maximum Gasteiger partial charge on any atom is 0.113 e. The van der Waals surface area contributed by atoms with Crippen LogP contribution in [-0.2, 0) is 6.54 Å². The topological polar surface area (TPSA) is 43.6 Å². The predicted molar refractivity (Wildman–Crippen MR) is 73.5 cm³/mol. The van der Waals surface area contributed by atoms with Gasteiger partial charge in [-0.1, -0.05) is 41.1 Å². The second-order valence-corrected chi connectivity index (χ2v) is 4.49. The van der Waals surface area contributed by atoms with E-state index in [2.05, 4.69) is 46.5 Å². The Morgan fingerprint density at radius 1 is 1.05 bits per heavy atom. The standard InChI is InChI=1S/C15H14N4/c1-12-5-7-13(8-6-12)15-11-19(18-17-15)10-14-4-2-3-9-16-14/h2-9,11H,10H2,1H3. The molecule has 0 aliphatic rings. The molecule has 4 nitrogen and oxygen atoms in total. The summed E-state index contributed by atoms with van der Waals surface area (Å²) in [5, 5.41) is 8.33. The lowest BCUT2D eigenvalue weighted by Gasteiger charge is -1.98. The van der Waals surface area contributed by atoms with Gasteiger partial charge in [-0.25, -0.2) is 4.68 Å². The molecule has 0 atom stereocenters. The Morgan fingerprint density at radius 3 is 2.63 bits per heavy atom. The van der Waals surface area contributed by atoms with Crippen LogP contribution < -0.4 is 0 Å². The van der Waals surface area contributed by atoms with Crippen LogP contribution in [0.2, 0.25) is 0 Å². The van der Waals surface area contributed by atoms with Crippen LogP contribution in [0.3, 0.4) is 0 Å². The number of pyridine rings is 1. The summed E-state index contributed by atoms with van der Waals surface area (Å²) in [4.78, 5) is 4.28. The van der Waals surface area contributed by atoms with Gasteiger partial charge in [0.2, 0.25) is 0 Å². The monoisotopic (exact) mass is 250 g/mol. The van der Waals surface area contributed by atoms with Crippen LogP contribution in [0.15, 0.2) is 54.9 Å². The lowest BCUT2D eigenvalue weighted by molar-refractivity contribution is 0.639. The highest BCUT2D eigenvalue weighted by Crippen LogP contribution is 2.16. The van der Waals surface area contributed by atoms with Gasteiger partial charge in [0.1, 0.15) is 5.69 Å². The number of rotatable bonds is 3. The summed E-state index contributed by atoms with van der Waals surface area (Å²) >= 11 is 0. The summed E-state index contributed by atoms with van der Waals surface area (Å²) in [6.45, 7) is 2.71. The largest absolute Gasteiger partial charge is 0.259 e. The maximum atomic E-state index is 4.28. The molecule has 3 rings (SSSR count). The first-order valence-corrected chi connectivity index (χ1v) is 6.18. The van der Waals surface area contributed by atoms with Crippen molar-refractivity contribution in [2.45, 2.75) is 13.5 Å². The van der Waals surface area contributed by atoms with E-state index in [1.807, 2.05) is 24.4 Å². The molecule has 0 unspecified atom stereocenters. The van der Waals surface area contributed by atoms with Crippen molar-refractivity contribution in [1.29, 1.82) is 0 Å². The zero-order valence-electron chi connectivity index (χ0n) is 10.7. The third-order valence-corrected chi connectivity index (χ3v) is 2.94. The van der Waals surface area contributed by atoms with Gasteiger partial charge in [-0.2, -0.15) is 0 Å². The molecule has 0 saturated carbocycles. The highest BCUT2D eigenvalue weighted by atomic mass is 15.4. The summed E-state index contributed by atoms with van der Waals surface area (Å²) in [6.07, 6.45) is 3.73. The van der Waals surface area contributed by atoms with Gasteiger partial charge < -0.3 is 0 Å². The minimum absolute atomic E-state index is 0.639. The Kier molecular flexibility index (Phi) is 3.06. The van der Waals surface area contributed by atoms with Gasteiger partial charge >= 0.3 is 0 Å². The highest BCUT2D eigenvalue weighted by molar-refractivity contribution is 5.57. The summed E-state index contributed by atoms with van der Waals surface area (Å²) in [5.41, 5.74) is 4.18. The van der Waals surface area contributed by atoms with Crippen LogP contribution in [0.5, 0.6) is 0 Å². The fourth-order valence-corrected chi connectivity index (χ4v) is 1.89. The molecule has 0 radical (unpaired) electrons. The summed E-state index contributed by atoms with van der Waals surface area (Å²) in [5.74, 6) is 0. The predicted octanol–water partition coefficient (Wildman–Crippen LogP) is 2.70. The van der Waals surface area contributed by atoms with E-state index >= 15 is 0 Å². The van der Waals surface area contributed by atoms with E-state index in [9.17, 15) is 0 Å². The molecule has 0 aliphatic carbocycles. The van der Waals surface area contributed by atoms with Crippen molar-refractivity contribution in [3.8, 4) is 11.3 Å². The molecule has 3 aromatic rings. The smallest absolute Gasteiger partial charge is 0.113 e. The molecule has 1 aromatic carbocycles. The second kappa shape index (κ2) is 5.02. The van der Waals surface area contributed by atoms with E-state index in [1.54, 1.807) is 10.9 Å². The van der Waals surface area contributed by atoms with Crippen molar-refractivity contribution in [1.82, 2.24) is 20.0 Å². The molecule has 4 heteroatoms. The van der Waals surface area contributed by atoms with E-state index in [4.69, 9.17) is 0 Å². The molecule has 2 aromatic heterocycles. The third-order valence-electron chi connectivity index (χ3n) is 2.94. The minimum Gasteiger partial charge on any atom is -0.259 e. The Labute approximate surface area is 111 Å². The first-order chi connectivity index (χ1) is 9.31. The number of benzene rings is 1. The first-order valence-electron chi connectivity index (χ1n) is 6.18. The number of hydrogen-bond donors (Lipinski definition) is 0. The van der Waals surface area contributed by atoms with Gasteiger partial charge in [0.15, 0.2) is 0 Å². The van der Waals surface area contributed by atoms with Crippen LogP contribution in [0.1, 0.15) is 11.3 Å². The fraction of sp³-hybridized carbons (Fsp3) is 0.133. The Bertz CT molecular complexity index is 656. The molecular formula is C15H14N4. The van der Waals surface area contributed by atoms with Gasteiger partial charge in [0.25, 0.3) is 0 Å². The van der Waals surface area contributed by atoms with Crippen LogP contribution in [-0.4, -0.2) is 20.0 Å². The SMILES string of the molecule is Cc1ccc(-c2cn(Cc3ccccn3)nn2)cc1. The van der Waals surface area contributed by atoms with E-state index in [0.717, 1.165) is 17.0 Å². The van der Waals surface area contributed by atoms with Gasteiger partial charge in [0, 0.05) is 11.8 Å². The lowest BCUT2D eigenvalue weighted by Crippen LogP contribution is -2.01. The average Bonchev–Trinajstić information content (AvgIpc) is 2.89. The lowest BCUT2D eigenvalue weighted by atomic mass is 10.1. The normalized spacial score (nSPS) is 10.6. The van der Waals surface area contributed by atoms with Crippen molar-refractivity contribution in [3.05, 3.63) is 66.1 Å². The zero-order valence-corrected chi connectivity index (χ0v) is 10.7. The molecule has 0 bridgehead atoms. The highest BCUT2D eigenvalue weighted by Gasteiger charge is 2.04. The molecular weight excluding hydrogens is 236 g/mol. The third kappa shape index (κ3) is 2.68. The maximum absolute atomic E-state index is 4.28. The molecule has 0 saturated heterocycles. The quantitative estimate of drug-likeness (QED) is 0.717. The number of aryl methyl sites for hydroxylation is 1. The van der Waals surface area contributed by atoms with E-state index in [1.165, 1.54) is 5.56 Å². The van der Waals surface area contributed by atoms with Gasteiger partial charge in [-0.15, -0.1) is 5.10 Å². The fourth-order valence-electron chi connectivity index (χ4n) is 1.89. The van der Waals surface area contributed by atoms with E-state index in [0.29, 0.717) is 6.54 Å². The molecule has 94 valence electrons. The van der Waals surface area contributed by atoms with Crippen molar-refractivity contribution in [3.63, 3.8) is 0 Å². The summed E-state index contributed by atoms with van der Waals surface area (Å²) in [7, 11) is 0. The van der Waals surface area contributed by atoms with Crippen LogP contribution in [0, 0.1) is 6.92 Å². The van der Waals surface area contributed by atoms with Crippen LogP contribution >= 0.6 is 0 Å². The molecule has 0 aliphatic heterocycles. The Hall–Kier alpha value is -2.49. The number of hydrogen-bond acceptors (Lipinski definition) is 3. The van der Waals surface area contributed by atoms with Crippen molar-refractivity contribution >= 4 is 0 Å². The summed E-state index contributed by atoms with van der Waals surface area (Å²) in [6, 6.07) is 14.1. The van der Waals surface area contributed by atoms with Gasteiger partial charge in [-0.05, 0) is 19.1 Å². The molecule has 0 spiro atoms. The van der Waals surface area contributed by atoms with Crippen LogP contribution in [0.4, 0.5) is 0 Å². The molecule has 19 heavy (non-hydrogen) atoms. The van der Waals surface area contributed by atoms with E-state index in [-0.39, 0.29) is 0 Å². The molecule has 0 amide bonds. The Balaban J connectivity index is 1.82. The second-order valence-electron chi connectivity index (χ2n) is 4.49. The van der Waals surface area contributed by atoms with Crippen molar-refractivity contribution in [2.24, 2.45) is 0 Å². The van der Waals surface area contributed by atoms with Gasteiger partial charge in [0.05, 0.1) is 18.4 Å². The van der Waals surface area contributed by atoms with Crippen molar-refractivity contribution < 1.29 is 0 Å². The van der Waals surface area contributed by atoms with Gasteiger partial charge in [-0.3, -0.25) is 4.98 Å². The molecule has 0 fully saturated rings. The molecule has 0 N–H and O–H groups in total.